The minimum Gasteiger partial charge on any atom is -0.496 e. The van der Waals surface area contributed by atoms with Crippen LogP contribution in [0.1, 0.15) is 36.8 Å². The van der Waals surface area contributed by atoms with Crippen molar-refractivity contribution in [2.45, 2.75) is 44.8 Å². The Labute approximate surface area is 109 Å². The molecule has 0 aromatic heterocycles. The fraction of sp³-hybridized carbons (Fsp3) is 0.600. The largest absolute Gasteiger partial charge is 0.496 e. The van der Waals surface area contributed by atoms with Crippen LogP contribution in [0.15, 0.2) is 18.2 Å². The average molecular weight is 249 g/mol. The van der Waals surface area contributed by atoms with E-state index in [1.54, 1.807) is 7.11 Å². The average Bonchev–Trinajstić information content (AvgIpc) is 2.77. The second kappa shape index (κ2) is 5.72. The summed E-state index contributed by atoms with van der Waals surface area (Å²) < 4.78 is 5.35. The molecule has 18 heavy (non-hydrogen) atoms. The molecular formula is C15H23NO2. The van der Waals surface area contributed by atoms with Gasteiger partial charge in [0.2, 0.25) is 0 Å². The summed E-state index contributed by atoms with van der Waals surface area (Å²) in [4.78, 5) is 0. The highest BCUT2D eigenvalue weighted by Crippen LogP contribution is 2.28. The van der Waals surface area contributed by atoms with Gasteiger partial charge in [-0.05, 0) is 25.8 Å². The maximum absolute atomic E-state index is 10.3. The van der Waals surface area contributed by atoms with Gasteiger partial charge in [0, 0.05) is 18.7 Å². The Morgan fingerprint density at radius 2 is 2.06 bits per heavy atom. The molecule has 0 aliphatic heterocycles. The predicted octanol–water partition coefficient (Wildman–Crippen LogP) is 2.40. The number of aryl methyl sites for hydroxylation is 1. The minimum absolute atomic E-state index is 0.489. The summed E-state index contributed by atoms with van der Waals surface area (Å²) in [6, 6.07) is 6.17. The van der Waals surface area contributed by atoms with Gasteiger partial charge in [-0.1, -0.05) is 30.5 Å². The number of ether oxygens (including phenoxy) is 1. The Morgan fingerprint density at radius 3 is 2.72 bits per heavy atom. The Bertz CT molecular complexity index is 397. The van der Waals surface area contributed by atoms with Gasteiger partial charge in [0.15, 0.2) is 0 Å². The maximum atomic E-state index is 10.3. The highest BCUT2D eigenvalue weighted by atomic mass is 16.5. The van der Waals surface area contributed by atoms with Crippen LogP contribution in [0.5, 0.6) is 5.75 Å². The summed E-state index contributed by atoms with van der Waals surface area (Å²) >= 11 is 0. The molecule has 2 N–H and O–H groups in total. The fourth-order valence-electron chi connectivity index (χ4n) is 2.69. The van der Waals surface area contributed by atoms with E-state index in [4.69, 9.17) is 4.74 Å². The number of hydrogen-bond acceptors (Lipinski definition) is 3. The van der Waals surface area contributed by atoms with E-state index in [1.807, 2.05) is 12.1 Å². The summed E-state index contributed by atoms with van der Waals surface area (Å²) in [5.74, 6) is 0.909. The molecule has 0 amide bonds. The van der Waals surface area contributed by atoms with Crippen molar-refractivity contribution in [2.75, 3.05) is 13.7 Å². The molecule has 3 heteroatoms. The van der Waals surface area contributed by atoms with E-state index in [0.717, 1.165) is 43.5 Å². The maximum Gasteiger partial charge on any atom is 0.123 e. The smallest absolute Gasteiger partial charge is 0.123 e. The number of rotatable bonds is 5. The van der Waals surface area contributed by atoms with Crippen molar-refractivity contribution in [3.8, 4) is 5.75 Å². The molecule has 100 valence electrons. The van der Waals surface area contributed by atoms with Crippen LogP contribution >= 0.6 is 0 Å². The molecule has 1 aliphatic carbocycles. The van der Waals surface area contributed by atoms with E-state index >= 15 is 0 Å². The number of hydrogen-bond donors (Lipinski definition) is 2. The molecule has 1 aliphatic rings. The Morgan fingerprint density at radius 1 is 1.33 bits per heavy atom. The molecule has 0 bridgehead atoms. The number of nitrogens with one attached hydrogen (secondary N) is 1. The van der Waals surface area contributed by atoms with Crippen LogP contribution < -0.4 is 10.1 Å². The molecule has 0 heterocycles. The third-order valence-electron chi connectivity index (χ3n) is 3.74. The van der Waals surface area contributed by atoms with Gasteiger partial charge in [0.25, 0.3) is 0 Å². The predicted molar refractivity (Wildman–Crippen MR) is 72.9 cm³/mol. The first-order valence-corrected chi connectivity index (χ1v) is 6.70. The third kappa shape index (κ3) is 3.24. The van der Waals surface area contributed by atoms with Crippen LogP contribution in [-0.4, -0.2) is 24.4 Å². The van der Waals surface area contributed by atoms with Crippen molar-refractivity contribution < 1.29 is 9.84 Å². The topological polar surface area (TPSA) is 41.5 Å². The van der Waals surface area contributed by atoms with E-state index in [-0.39, 0.29) is 0 Å². The first-order valence-electron chi connectivity index (χ1n) is 6.70. The van der Waals surface area contributed by atoms with Crippen LogP contribution in [0.2, 0.25) is 0 Å². The SMILES string of the molecule is COc1ccc(C)cc1CNCC1(O)CCCC1. The first-order chi connectivity index (χ1) is 8.63. The third-order valence-corrected chi connectivity index (χ3v) is 3.74. The molecule has 1 aromatic rings. The van der Waals surface area contributed by atoms with Gasteiger partial charge in [-0.3, -0.25) is 0 Å². The van der Waals surface area contributed by atoms with Crippen molar-refractivity contribution in [1.29, 1.82) is 0 Å². The zero-order valence-electron chi connectivity index (χ0n) is 11.3. The van der Waals surface area contributed by atoms with E-state index < -0.39 is 5.60 Å². The molecule has 1 aromatic carbocycles. The lowest BCUT2D eigenvalue weighted by Crippen LogP contribution is -2.37. The zero-order chi connectivity index (χ0) is 13.0. The van der Waals surface area contributed by atoms with Gasteiger partial charge in [-0.2, -0.15) is 0 Å². The Kier molecular flexibility index (Phi) is 4.25. The molecule has 0 radical (unpaired) electrons. The van der Waals surface area contributed by atoms with Gasteiger partial charge in [-0.15, -0.1) is 0 Å². The van der Waals surface area contributed by atoms with Crippen molar-refractivity contribution in [3.63, 3.8) is 0 Å². The summed E-state index contributed by atoms with van der Waals surface area (Å²) in [6.45, 7) is 3.49. The monoisotopic (exact) mass is 249 g/mol. The van der Waals surface area contributed by atoms with Gasteiger partial charge >= 0.3 is 0 Å². The van der Waals surface area contributed by atoms with Gasteiger partial charge in [-0.25, -0.2) is 0 Å². The van der Waals surface area contributed by atoms with Crippen molar-refractivity contribution in [2.24, 2.45) is 0 Å². The quantitative estimate of drug-likeness (QED) is 0.842. The van der Waals surface area contributed by atoms with Crippen LogP contribution in [0.4, 0.5) is 0 Å². The second-order valence-electron chi connectivity index (χ2n) is 5.35. The summed E-state index contributed by atoms with van der Waals surface area (Å²) in [5, 5.41) is 13.6. The van der Waals surface area contributed by atoms with Crippen molar-refractivity contribution >= 4 is 0 Å². The van der Waals surface area contributed by atoms with Gasteiger partial charge < -0.3 is 15.2 Å². The first kappa shape index (κ1) is 13.4. The molecule has 2 rings (SSSR count). The molecule has 3 nitrogen and oxygen atoms in total. The fourth-order valence-corrected chi connectivity index (χ4v) is 2.69. The molecule has 0 unspecified atom stereocenters. The van der Waals surface area contributed by atoms with Crippen molar-refractivity contribution in [3.05, 3.63) is 29.3 Å². The molecular weight excluding hydrogens is 226 g/mol. The Hall–Kier alpha value is -1.06. The van der Waals surface area contributed by atoms with Crippen LogP contribution in [0.25, 0.3) is 0 Å². The standard InChI is InChI=1S/C15H23NO2/c1-12-5-6-14(18-2)13(9-12)10-16-11-15(17)7-3-4-8-15/h5-6,9,16-17H,3-4,7-8,10-11H2,1-2H3. The highest BCUT2D eigenvalue weighted by molar-refractivity contribution is 5.36. The summed E-state index contributed by atoms with van der Waals surface area (Å²) in [7, 11) is 1.69. The van der Waals surface area contributed by atoms with E-state index in [1.165, 1.54) is 5.56 Å². The lowest BCUT2D eigenvalue weighted by Gasteiger charge is -2.22. The summed E-state index contributed by atoms with van der Waals surface area (Å²) in [6.07, 6.45) is 4.13. The number of aliphatic hydroxyl groups is 1. The molecule has 0 saturated heterocycles. The zero-order valence-corrected chi connectivity index (χ0v) is 11.3. The second-order valence-corrected chi connectivity index (χ2v) is 5.35. The van der Waals surface area contributed by atoms with Gasteiger partial charge in [0.1, 0.15) is 5.75 Å². The molecule has 0 atom stereocenters. The normalized spacial score (nSPS) is 17.9. The van der Waals surface area contributed by atoms with Gasteiger partial charge in [0.05, 0.1) is 12.7 Å². The number of benzene rings is 1. The van der Waals surface area contributed by atoms with Crippen LogP contribution in [-0.2, 0) is 6.54 Å². The highest BCUT2D eigenvalue weighted by Gasteiger charge is 2.30. The van der Waals surface area contributed by atoms with E-state index in [9.17, 15) is 5.11 Å². The van der Waals surface area contributed by atoms with Crippen LogP contribution in [0.3, 0.4) is 0 Å². The van der Waals surface area contributed by atoms with Crippen molar-refractivity contribution in [1.82, 2.24) is 5.32 Å². The summed E-state index contributed by atoms with van der Waals surface area (Å²) in [5.41, 5.74) is 1.89. The molecule has 0 spiro atoms. The lowest BCUT2D eigenvalue weighted by atomic mass is 10.0. The number of methoxy groups -OCH3 is 1. The van der Waals surface area contributed by atoms with E-state index in [2.05, 4.69) is 18.3 Å². The van der Waals surface area contributed by atoms with Crippen LogP contribution in [0, 0.1) is 6.92 Å². The lowest BCUT2D eigenvalue weighted by molar-refractivity contribution is 0.0474. The Balaban J connectivity index is 1.91. The van der Waals surface area contributed by atoms with E-state index in [0.29, 0.717) is 6.54 Å². The minimum atomic E-state index is -0.489. The molecule has 1 saturated carbocycles. The molecule has 1 fully saturated rings.